The van der Waals surface area contributed by atoms with Gasteiger partial charge in [0.05, 0.1) is 10.5 Å². The Balaban J connectivity index is 1.54. The van der Waals surface area contributed by atoms with E-state index in [2.05, 4.69) is 5.32 Å². The summed E-state index contributed by atoms with van der Waals surface area (Å²) >= 11 is 0. The molecule has 0 saturated heterocycles. The van der Waals surface area contributed by atoms with Crippen LogP contribution in [-0.4, -0.2) is 30.0 Å². The van der Waals surface area contributed by atoms with E-state index in [1.165, 1.54) is 24.3 Å². The molecule has 1 amide bonds. The van der Waals surface area contributed by atoms with Crippen molar-refractivity contribution in [3.05, 3.63) is 69.8 Å². The minimum Gasteiger partial charge on any atom is -0.488 e. The van der Waals surface area contributed by atoms with Gasteiger partial charge in [0.25, 0.3) is 11.6 Å². The van der Waals surface area contributed by atoms with Gasteiger partial charge in [-0.2, -0.15) is 0 Å². The van der Waals surface area contributed by atoms with Gasteiger partial charge in [0, 0.05) is 23.4 Å². The van der Waals surface area contributed by atoms with Gasteiger partial charge in [-0.15, -0.1) is 0 Å². The zero-order valence-corrected chi connectivity index (χ0v) is 13.5. The highest BCUT2D eigenvalue weighted by atomic mass is 16.6. The van der Waals surface area contributed by atoms with Crippen molar-refractivity contribution in [1.82, 2.24) is 0 Å². The highest BCUT2D eigenvalue weighted by Crippen LogP contribution is 2.26. The van der Waals surface area contributed by atoms with E-state index in [1.54, 1.807) is 12.1 Å². The second-order valence-electron chi connectivity index (χ2n) is 5.42. The van der Waals surface area contributed by atoms with E-state index >= 15 is 0 Å². The second kappa shape index (κ2) is 7.47. The molecule has 0 aliphatic carbocycles. The van der Waals surface area contributed by atoms with Crippen LogP contribution in [0.15, 0.2) is 54.1 Å². The van der Waals surface area contributed by atoms with Crippen LogP contribution in [0.2, 0.25) is 0 Å². The number of esters is 1. The molecule has 1 N–H and O–H groups in total. The van der Waals surface area contributed by atoms with Crippen molar-refractivity contribution in [2.75, 3.05) is 18.5 Å². The van der Waals surface area contributed by atoms with Gasteiger partial charge in [0.15, 0.2) is 6.61 Å². The normalized spacial score (nSPS) is 12.2. The number of nitrogens with zero attached hydrogens (tertiary/aromatic N) is 1. The average molecular weight is 354 g/mol. The summed E-state index contributed by atoms with van der Waals surface area (Å²) in [5.41, 5.74) is 1.36. The number of anilines is 1. The number of hydrogen-bond acceptors (Lipinski definition) is 6. The summed E-state index contributed by atoms with van der Waals surface area (Å²) in [4.78, 5) is 34.0. The highest BCUT2D eigenvalue weighted by molar-refractivity contribution is 5.98. The largest absolute Gasteiger partial charge is 0.488 e. The van der Waals surface area contributed by atoms with Gasteiger partial charge < -0.3 is 14.8 Å². The lowest BCUT2D eigenvalue weighted by Gasteiger charge is -2.16. The molecule has 0 radical (unpaired) electrons. The summed E-state index contributed by atoms with van der Waals surface area (Å²) in [7, 11) is 0. The van der Waals surface area contributed by atoms with E-state index in [0.29, 0.717) is 17.0 Å². The SMILES string of the molecule is O=C(COC(=O)C1=Cc2ccccc2OC1)Nc1ccc([N+](=O)[O-])cc1. The first-order chi connectivity index (χ1) is 12.5. The predicted octanol–water partition coefficient (Wildman–Crippen LogP) is 2.55. The monoisotopic (exact) mass is 354 g/mol. The van der Waals surface area contributed by atoms with Gasteiger partial charge in [-0.05, 0) is 24.3 Å². The number of nitro groups is 1. The van der Waals surface area contributed by atoms with E-state index in [0.717, 1.165) is 5.56 Å². The molecule has 132 valence electrons. The molecule has 0 atom stereocenters. The zero-order valence-electron chi connectivity index (χ0n) is 13.5. The summed E-state index contributed by atoms with van der Waals surface area (Å²) in [6, 6.07) is 12.6. The molecule has 0 aromatic heterocycles. The predicted molar refractivity (Wildman–Crippen MR) is 92.6 cm³/mol. The van der Waals surface area contributed by atoms with Crippen molar-refractivity contribution in [2.24, 2.45) is 0 Å². The number of hydrogen-bond donors (Lipinski definition) is 1. The molecule has 1 aliphatic heterocycles. The van der Waals surface area contributed by atoms with Crippen LogP contribution in [0.3, 0.4) is 0 Å². The van der Waals surface area contributed by atoms with Crippen LogP contribution in [0.1, 0.15) is 5.56 Å². The van der Waals surface area contributed by atoms with E-state index < -0.39 is 23.4 Å². The molecular weight excluding hydrogens is 340 g/mol. The molecule has 0 unspecified atom stereocenters. The molecule has 0 bridgehead atoms. The van der Waals surface area contributed by atoms with Gasteiger partial charge in [0.2, 0.25) is 0 Å². The third-order valence-corrected chi connectivity index (χ3v) is 3.59. The topological polar surface area (TPSA) is 108 Å². The van der Waals surface area contributed by atoms with E-state index in [1.807, 2.05) is 18.2 Å². The zero-order chi connectivity index (χ0) is 18.5. The molecule has 2 aromatic rings. The number of amides is 1. The summed E-state index contributed by atoms with van der Waals surface area (Å²) in [5.74, 6) is -0.511. The Hall–Kier alpha value is -3.68. The van der Waals surface area contributed by atoms with Gasteiger partial charge in [0.1, 0.15) is 12.4 Å². The van der Waals surface area contributed by atoms with E-state index in [4.69, 9.17) is 9.47 Å². The maximum absolute atomic E-state index is 12.1. The number of para-hydroxylation sites is 1. The summed E-state index contributed by atoms with van der Waals surface area (Å²) < 4.78 is 10.5. The molecule has 1 heterocycles. The van der Waals surface area contributed by atoms with E-state index in [-0.39, 0.29) is 12.3 Å². The Kier molecular flexibility index (Phi) is 4.93. The van der Waals surface area contributed by atoms with Crippen molar-refractivity contribution < 1.29 is 24.0 Å². The number of carbonyl (C=O) groups excluding carboxylic acids is 2. The fourth-order valence-corrected chi connectivity index (χ4v) is 2.32. The van der Waals surface area contributed by atoms with Crippen molar-refractivity contribution >= 4 is 29.3 Å². The van der Waals surface area contributed by atoms with E-state index in [9.17, 15) is 19.7 Å². The van der Waals surface area contributed by atoms with Gasteiger partial charge in [-0.25, -0.2) is 4.79 Å². The molecule has 0 saturated carbocycles. The third-order valence-electron chi connectivity index (χ3n) is 3.59. The Morgan fingerprint density at radius 1 is 1.15 bits per heavy atom. The van der Waals surface area contributed by atoms with Crippen molar-refractivity contribution in [1.29, 1.82) is 0 Å². The lowest BCUT2D eigenvalue weighted by molar-refractivity contribution is -0.384. The maximum Gasteiger partial charge on any atom is 0.338 e. The van der Waals surface area contributed by atoms with Crippen LogP contribution >= 0.6 is 0 Å². The molecule has 0 fully saturated rings. The number of carbonyl (C=O) groups is 2. The first kappa shape index (κ1) is 17.2. The number of nitro benzene ring substituents is 1. The summed E-state index contributed by atoms with van der Waals surface area (Å²) in [6.07, 6.45) is 1.66. The number of fused-ring (bicyclic) bond motifs is 1. The highest BCUT2D eigenvalue weighted by Gasteiger charge is 2.19. The molecule has 3 rings (SSSR count). The maximum atomic E-state index is 12.1. The van der Waals surface area contributed by atoms with Crippen LogP contribution < -0.4 is 10.1 Å². The minimum absolute atomic E-state index is 0.0693. The number of rotatable bonds is 5. The average Bonchev–Trinajstić information content (AvgIpc) is 2.66. The number of non-ortho nitro benzene ring substituents is 1. The Labute approximate surface area is 148 Å². The third kappa shape index (κ3) is 4.04. The smallest absolute Gasteiger partial charge is 0.338 e. The van der Waals surface area contributed by atoms with Gasteiger partial charge in [-0.1, -0.05) is 18.2 Å². The van der Waals surface area contributed by atoms with Crippen LogP contribution in [0, 0.1) is 10.1 Å². The Bertz CT molecular complexity index is 889. The van der Waals surface area contributed by atoms with Crippen molar-refractivity contribution in [3.8, 4) is 5.75 Å². The number of ether oxygens (including phenoxy) is 2. The molecule has 8 heteroatoms. The number of nitrogens with one attached hydrogen (secondary N) is 1. The first-order valence-electron chi connectivity index (χ1n) is 7.67. The lowest BCUT2D eigenvalue weighted by atomic mass is 10.1. The fourth-order valence-electron chi connectivity index (χ4n) is 2.32. The minimum atomic E-state index is -0.640. The molecular formula is C18H14N2O6. The van der Waals surface area contributed by atoms with Gasteiger partial charge in [-0.3, -0.25) is 14.9 Å². The molecule has 8 nitrogen and oxygen atoms in total. The summed E-state index contributed by atoms with van der Waals surface area (Å²) in [5, 5.41) is 13.1. The molecule has 0 spiro atoms. The van der Waals surface area contributed by atoms with Crippen molar-refractivity contribution in [2.45, 2.75) is 0 Å². The van der Waals surface area contributed by atoms with Crippen LogP contribution in [0.25, 0.3) is 6.08 Å². The van der Waals surface area contributed by atoms with Crippen LogP contribution in [0.4, 0.5) is 11.4 Å². The quantitative estimate of drug-likeness (QED) is 0.502. The fraction of sp³-hybridized carbons (Fsp3) is 0.111. The molecule has 2 aromatic carbocycles. The van der Waals surface area contributed by atoms with Gasteiger partial charge >= 0.3 is 5.97 Å². The lowest BCUT2D eigenvalue weighted by Crippen LogP contribution is -2.23. The molecule has 1 aliphatic rings. The van der Waals surface area contributed by atoms with Crippen molar-refractivity contribution in [3.63, 3.8) is 0 Å². The first-order valence-corrected chi connectivity index (χ1v) is 7.67. The second-order valence-corrected chi connectivity index (χ2v) is 5.42. The van der Waals surface area contributed by atoms with Crippen LogP contribution in [-0.2, 0) is 14.3 Å². The molecule has 26 heavy (non-hydrogen) atoms. The summed E-state index contributed by atoms with van der Waals surface area (Å²) in [6.45, 7) is -0.408. The Morgan fingerprint density at radius 2 is 1.88 bits per heavy atom. The Morgan fingerprint density at radius 3 is 2.62 bits per heavy atom. The standard InChI is InChI=1S/C18H14N2O6/c21-17(19-14-5-7-15(8-6-14)20(23)24)11-26-18(22)13-9-12-3-1-2-4-16(12)25-10-13/h1-9H,10-11H2,(H,19,21). The van der Waals surface area contributed by atoms with Crippen LogP contribution in [0.5, 0.6) is 5.75 Å². The number of benzene rings is 2.